The van der Waals surface area contributed by atoms with E-state index in [0.717, 1.165) is 0 Å². The van der Waals surface area contributed by atoms with Crippen LogP contribution < -0.4 is 0 Å². The molecule has 0 N–H and O–H groups in total. The Kier molecular flexibility index (Phi) is 2.96. The van der Waals surface area contributed by atoms with Gasteiger partial charge in [-0.3, -0.25) is 0 Å². The molecular formula is C17H22S2. The maximum absolute atomic E-state index is 2.45. The minimum atomic E-state index is 0.192. The second-order valence-electron chi connectivity index (χ2n) is 6.72. The van der Waals surface area contributed by atoms with Gasteiger partial charge in [0.25, 0.3) is 0 Å². The molecular weight excluding hydrogens is 268 g/mol. The van der Waals surface area contributed by atoms with Crippen molar-refractivity contribution < 1.29 is 0 Å². The van der Waals surface area contributed by atoms with Gasteiger partial charge in [0, 0.05) is 24.9 Å². The lowest BCUT2D eigenvalue weighted by molar-refractivity contribution is 0.660. The van der Waals surface area contributed by atoms with E-state index in [1.165, 1.54) is 9.75 Å². The number of thiophene rings is 2. The van der Waals surface area contributed by atoms with Crippen molar-refractivity contribution in [3.8, 4) is 9.75 Å². The predicted molar refractivity (Wildman–Crippen MR) is 87.9 cm³/mol. The molecule has 2 aromatic heterocycles. The number of fused-ring (bicyclic) bond motifs is 3. The van der Waals surface area contributed by atoms with E-state index in [9.17, 15) is 0 Å². The van der Waals surface area contributed by atoms with Crippen LogP contribution in [0.25, 0.3) is 9.75 Å². The zero-order valence-electron chi connectivity index (χ0n) is 12.6. The van der Waals surface area contributed by atoms with Crippen molar-refractivity contribution in [1.82, 2.24) is 0 Å². The molecule has 0 saturated carbocycles. The SMILES string of the molecule is CC(C)c1cc2c(s1)-c1sc(C(C)C)cc1C2(C)C. The molecule has 0 unspecified atom stereocenters. The van der Waals surface area contributed by atoms with Crippen LogP contribution in [0.4, 0.5) is 0 Å². The van der Waals surface area contributed by atoms with Crippen molar-refractivity contribution in [2.45, 2.75) is 58.8 Å². The van der Waals surface area contributed by atoms with Gasteiger partial charge in [0.05, 0.1) is 0 Å². The van der Waals surface area contributed by atoms with Gasteiger partial charge in [0.2, 0.25) is 0 Å². The summed E-state index contributed by atoms with van der Waals surface area (Å²) in [5.41, 5.74) is 3.30. The smallest absolute Gasteiger partial charge is 0.0489 e. The Balaban J connectivity index is 2.20. The van der Waals surface area contributed by atoms with Crippen molar-refractivity contribution in [2.24, 2.45) is 0 Å². The third kappa shape index (κ3) is 1.84. The number of hydrogen-bond donors (Lipinski definition) is 0. The lowest BCUT2D eigenvalue weighted by Crippen LogP contribution is -2.14. The molecule has 102 valence electrons. The molecule has 0 aliphatic heterocycles. The molecule has 0 radical (unpaired) electrons. The summed E-state index contributed by atoms with van der Waals surface area (Å²) in [6, 6.07) is 4.90. The van der Waals surface area contributed by atoms with Crippen LogP contribution in [0, 0.1) is 0 Å². The largest absolute Gasteiger partial charge is 0.139 e. The van der Waals surface area contributed by atoms with E-state index in [1.54, 1.807) is 20.9 Å². The van der Waals surface area contributed by atoms with Gasteiger partial charge < -0.3 is 0 Å². The molecule has 0 fully saturated rings. The van der Waals surface area contributed by atoms with Crippen molar-refractivity contribution in [3.63, 3.8) is 0 Å². The van der Waals surface area contributed by atoms with Crippen LogP contribution in [-0.4, -0.2) is 0 Å². The van der Waals surface area contributed by atoms with E-state index in [0.29, 0.717) is 11.8 Å². The highest BCUT2D eigenvalue weighted by Gasteiger charge is 2.39. The van der Waals surface area contributed by atoms with Crippen LogP contribution in [0.3, 0.4) is 0 Å². The van der Waals surface area contributed by atoms with Crippen molar-refractivity contribution in [2.75, 3.05) is 0 Å². The summed E-state index contributed by atoms with van der Waals surface area (Å²) in [6.07, 6.45) is 0. The Morgan fingerprint density at radius 2 is 1.16 bits per heavy atom. The zero-order valence-corrected chi connectivity index (χ0v) is 14.3. The summed E-state index contributed by atoms with van der Waals surface area (Å²) in [5.74, 6) is 1.28. The molecule has 0 aromatic carbocycles. The van der Waals surface area contributed by atoms with Crippen LogP contribution in [0.5, 0.6) is 0 Å². The molecule has 19 heavy (non-hydrogen) atoms. The Labute approximate surface area is 124 Å². The van der Waals surface area contributed by atoms with E-state index in [4.69, 9.17) is 0 Å². The van der Waals surface area contributed by atoms with E-state index in [2.05, 4.69) is 53.7 Å². The molecule has 1 aliphatic carbocycles. The van der Waals surface area contributed by atoms with E-state index in [1.807, 2.05) is 22.7 Å². The van der Waals surface area contributed by atoms with Gasteiger partial charge in [-0.2, -0.15) is 0 Å². The first kappa shape index (κ1) is 13.4. The normalized spacial score (nSPS) is 16.2. The second kappa shape index (κ2) is 4.20. The molecule has 0 nitrogen and oxygen atoms in total. The highest BCUT2D eigenvalue weighted by atomic mass is 32.1. The second-order valence-corrected chi connectivity index (χ2v) is 8.89. The Morgan fingerprint density at radius 1 is 0.789 bits per heavy atom. The lowest BCUT2D eigenvalue weighted by Gasteiger charge is -2.19. The standard InChI is InChI=1S/C17H22S2/c1-9(2)13-7-11-15(18-13)16-12(17(11,5)6)8-14(19-16)10(3)4/h7-10H,1-6H3. The van der Waals surface area contributed by atoms with Crippen molar-refractivity contribution >= 4 is 22.7 Å². The molecule has 1 aliphatic rings. The van der Waals surface area contributed by atoms with Gasteiger partial charge in [-0.25, -0.2) is 0 Å². The minimum Gasteiger partial charge on any atom is -0.139 e. The summed E-state index contributed by atoms with van der Waals surface area (Å²) in [7, 11) is 0. The van der Waals surface area contributed by atoms with Crippen LogP contribution >= 0.6 is 22.7 Å². The molecule has 2 heterocycles. The van der Waals surface area contributed by atoms with Crippen molar-refractivity contribution in [1.29, 1.82) is 0 Å². The number of hydrogen-bond acceptors (Lipinski definition) is 2. The average Bonchev–Trinajstić information content (AvgIpc) is 2.95. The lowest BCUT2D eigenvalue weighted by atomic mass is 9.83. The average molecular weight is 290 g/mol. The molecule has 2 heteroatoms. The van der Waals surface area contributed by atoms with Gasteiger partial charge in [-0.15, -0.1) is 22.7 Å². The van der Waals surface area contributed by atoms with Crippen molar-refractivity contribution in [3.05, 3.63) is 33.0 Å². The van der Waals surface area contributed by atoms with E-state index < -0.39 is 0 Å². The molecule has 2 aromatic rings. The summed E-state index contributed by atoms with van der Waals surface area (Å²) in [5, 5.41) is 0. The Bertz CT molecular complexity index is 569. The molecule has 0 bridgehead atoms. The zero-order chi connectivity index (χ0) is 13.9. The summed E-state index contributed by atoms with van der Waals surface area (Å²) in [4.78, 5) is 6.15. The third-order valence-electron chi connectivity index (χ3n) is 4.19. The monoisotopic (exact) mass is 290 g/mol. The Hall–Kier alpha value is -0.600. The van der Waals surface area contributed by atoms with Gasteiger partial charge in [-0.1, -0.05) is 41.5 Å². The minimum absolute atomic E-state index is 0.192. The molecule has 0 saturated heterocycles. The van der Waals surface area contributed by atoms with Crippen LogP contribution in [0.2, 0.25) is 0 Å². The van der Waals surface area contributed by atoms with Gasteiger partial charge in [0.15, 0.2) is 0 Å². The van der Waals surface area contributed by atoms with Gasteiger partial charge in [-0.05, 0) is 35.1 Å². The summed E-state index contributed by atoms with van der Waals surface area (Å²) < 4.78 is 0. The topological polar surface area (TPSA) is 0 Å². The van der Waals surface area contributed by atoms with Crippen LogP contribution in [0.15, 0.2) is 12.1 Å². The summed E-state index contributed by atoms with van der Waals surface area (Å²) >= 11 is 4.02. The fraction of sp³-hybridized carbons (Fsp3) is 0.529. The maximum atomic E-state index is 2.45. The van der Waals surface area contributed by atoms with Crippen LogP contribution in [-0.2, 0) is 5.41 Å². The van der Waals surface area contributed by atoms with Gasteiger partial charge in [0.1, 0.15) is 0 Å². The third-order valence-corrected chi connectivity index (χ3v) is 7.23. The molecule has 0 amide bonds. The quantitative estimate of drug-likeness (QED) is 0.603. The fourth-order valence-electron chi connectivity index (χ4n) is 2.80. The van der Waals surface area contributed by atoms with E-state index in [-0.39, 0.29) is 5.41 Å². The highest BCUT2D eigenvalue weighted by Crippen LogP contribution is 2.56. The molecule has 0 spiro atoms. The van der Waals surface area contributed by atoms with Gasteiger partial charge >= 0.3 is 0 Å². The number of rotatable bonds is 2. The first-order valence-electron chi connectivity index (χ1n) is 7.11. The first-order chi connectivity index (χ1) is 8.82. The fourth-order valence-corrected chi connectivity index (χ4v) is 5.60. The summed E-state index contributed by atoms with van der Waals surface area (Å²) in [6.45, 7) is 13.9. The maximum Gasteiger partial charge on any atom is 0.0489 e. The van der Waals surface area contributed by atoms with Crippen LogP contribution in [0.1, 0.15) is 74.3 Å². The molecule has 0 atom stereocenters. The Morgan fingerprint density at radius 3 is 1.47 bits per heavy atom. The first-order valence-corrected chi connectivity index (χ1v) is 8.74. The highest BCUT2D eigenvalue weighted by molar-refractivity contribution is 7.22. The molecule has 3 rings (SSSR count). The predicted octanol–water partition coefficient (Wildman–Crippen LogP) is 6.36. The van der Waals surface area contributed by atoms with E-state index >= 15 is 0 Å².